The fourth-order valence-electron chi connectivity index (χ4n) is 0.883. The topological polar surface area (TPSA) is 26.0 Å². The molecule has 1 aromatic carbocycles. The normalized spacial score (nSPS) is 7.69. The van der Waals surface area contributed by atoms with E-state index in [1.165, 1.54) is 6.20 Å². The lowest BCUT2D eigenvalue weighted by molar-refractivity contribution is 1.62. The average Bonchev–Trinajstić information content (AvgIpc) is 2.19. The van der Waals surface area contributed by atoms with Crippen LogP contribution in [0.25, 0.3) is 12.2 Å². The molecule has 0 heterocycles. The molecule has 0 bridgehead atoms. The molecule has 0 aromatic heterocycles. The number of hydrogen-bond acceptors (Lipinski definition) is 1. The molecule has 0 amide bonds. The zero-order valence-corrected chi connectivity index (χ0v) is 7.74. The van der Waals surface area contributed by atoms with Gasteiger partial charge in [0.15, 0.2) is 0 Å². The SMILES string of the molecule is C=CN.C=Cc1ccccc1C=C. The molecule has 0 saturated carbocycles. The van der Waals surface area contributed by atoms with Gasteiger partial charge in [0.1, 0.15) is 0 Å². The van der Waals surface area contributed by atoms with Gasteiger partial charge < -0.3 is 5.73 Å². The smallest absolute Gasteiger partial charge is 0.0136 e. The van der Waals surface area contributed by atoms with Gasteiger partial charge in [-0.15, -0.1) is 0 Å². The summed E-state index contributed by atoms with van der Waals surface area (Å²) in [4.78, 5) is 0. The maximum Gasteiger partial charge on any atom is -0.0136 e. The second-order valence-corrected chi connectivity index (χ2v) is 2.27. The van der Waals surface area contributed by atoms with Gasteiger partial charge in [0.05, 0.1) is 0 Å². The highest BCUT2D eigenvalue weighted by atomic mass is 14.5. The number of nitrogens with two attached hydrogens (primary N) is 1. The summed E-state index contributed by atoms with van der Waals surface area (Å²) in [6.07, 6.45) is 4.91. The van der Waals surface area contributed by atoms with Crippen molar-refractivity contribution in [2.75, 3.05) is 0 Å². The van der Waals surface area contributed by atoms with Crippen LogP contribution in [0.1, 0.15) is 11.1 Å². The predicted molar refractivity (Wildman–Crippen MR) is 61.0 cm³/mol. The van der Waals surface area contributed by atoms with Crippen LogP contribution < -0.4 is 5.73 Å². The maximum absolute atomic E-state index is 4.61. The summed E-state index contributed by atoms with van der Waals surface area (Å²) in [6.45, 7) is 10.5. The van der Waals surface area contributed by atoms with Crippen LogP contribution in [0.4, 0.5) is 0 Å². The first-order valence-electron chi connectivity index (χ1n) is 3.96. The Hall–Kier alpha value is -1.76. The van der Waals surface area contributed by atoms with E-state index in [2.05, 4.69) is 25.5 Å². The molecule has 1 heteroatoms. The van der Waals surface area contributed by atoms with E-state index in [0.29, 0.717) is 0 Å². The van der Waals surface area contributed by atoms with E-state index in [0.717, 1.165) is 11.1 Å². The van der Waals surface area contributed by atoms with Gasteiger partial charge in [0, 0.05) is 0 Å². The quantitative estimate of drug-likeness (QED) is 0.730. The van der Waals surface area contributed by atoms with Crippen LogP contribution in [-0.2, 0) is 0 Å². The van der Waals surface area contributed by atoms with Crippen molar-refractivity contribution >= 4 is 12.2 Å². The van der Waals surface area contributed by atoms with Crippen LogP contribution >= 0.6 is 0 Å². The summed E-state index contributed by atoms with van der Waals surface area (Å²) in [6, 6.07) is 8.02. The molecule has 0 unspecified atom stereocenters. The van der Waals surface area contributed by atoms with Gasteiger partial charge in [0.25, 0.3) is 0 Å². The summed E-state index contributed by atoms with van der Waals surface area (Å²) < 4.78 is 0. The number of hydrogen-bond donors (Lipinski definition) is 1. The van der Waals surface area contributed by atoms with Crippen LogP contribution in [0.2, 0.25) is 0 Å². The maximum atomic E-state index is 4.61. The standard InChI is InChI=1S/C10H10.C2H5N/c1-3-9-7-5-6-8-10(9)4-2;1-2-3/h3-8H,1-2H2;2H,1,3H2. The van der Waals surface area contributed by atoms with Crippen LogP contribution in [0, 0.1) is 0 Å². The third-order valence-electron chi connectivity index (χ3n) is 1.44. The molecular weight excluding hydrogens is 158 g/mol. The summed E-state index contributed by atoms with van der Waals surface area (Å²) in [7, 11) is 0. The highest BCUT2D eigenvalue weighted by Crippen LogP contribution is 2.10. The Balaban J connectivity index is 0.000000424. The highest BCUT2D eigenvalue weighted by molar-refractivity contribution is 5.63. The van der Waals surface area contributed by atoms with Gasteiger partial charge in [-0.25, -0.2) is 0 Å². The molecule has 0 spiro atoms. The Bertz CT molecular complexity index is 260. The molecule has 0 aliphatic carbocycles. The Morgan fingerprint density at radius 3 is 1.46 bits per heavy atom. The second-order valence-electron chi connectivity index (χ2n) is 2.27. The minimum atomic E-state index is 1.14. The van der Waals surface area contributed by atoms with Gasteiger partial charge in [-0.05, 0) is 17.3 Å². The van der Waals surface area contributed by atoms with Crippen LogP contribution in [0.5, 0.6) is 0 Å². The molecule has 0 aliphatic rings. The molecule has 2 N–H and O–H groups in total. The average molecular weight is 173 g/mol. The molecule has 0 atom stereocenters. The predicted octanol–water partition coefficient (Wildman–Crippen LogP) is 3.06. The third kappa shape index (κ3) is 3.97. The lowest BCUT2D eigenvalue weighted by atomic mass is 10.1. The summed E-state index contributed by atoms with van der Waals surface area (Å²) in [5.41, 5.74) is 6.88. The molecule has 0 radical (unpaired) electrons. The summed E-state index contributed by atoms with van der Waals surface area (Å²) in [5.74, 6) is 0. The van der Waals surface area contributed by atoms with Crippen molar-refractivity contribution in [3.8, 4) is 0 Å². The Morgan fingerprint density at radius 2 is 1.23 bits per heavy atom. The van der Waals surface area contributed by atoms with E-state index in [9.17, 15) is 0 Å². The molecule has 1 aromatic rings. The highest BCUT2D eigenvalue weighted by Gasteiger charge is 1.89. The minimum Gasteiger partial charge on any atom is -0.405 e. The van der Waals surface area contributed by atoms with Gasteiger partial charge >= 0.3 is 0 Å². The number of benzene rings is 1. The van der Waals surface area contributed by atoms with Crippen molar-refractivity contribution in [3.63, 3.8) is 0 Å². The van der Waals surface area contributed by atoms with E-state index in [1.54, 1.807) is 0 Å². The zero-order chi connectivity index (χ0) is 10.1. The third-order valence-corrected chi connectivity index (χ3v) is 1.44. The van der Waals surface area contributed by atoms with Crippen molar-refractivity contribution in [1.82, 2.24) is 0 Å². The zero-order valence-electron chi connectivity index (χ0n) is 7.74. The fourth-order valence-corrected chi connectivity index (χ4v) is 0.883. The van der Waals surface area contributed by atoms with Crippen LogP contribution in [-0.4, -0.2) is 0 Å². The van der Waals surface area contributed by atoms with E-state index in [-0.39, 0.29) is 0 Å². The van der Waals surface area contributed by atoms with E-state index >= 15 is 0 Å². The first kappa shape index (κ1) is 11.2. The Morgan fingerprint density at radius 1 is 0.923 bits per heavy atom. The Kier molecular flexibility index (Phi) is 5.98. The number of rotatable bonds is 2. The van der Waals surface area contributed by atoms with Crippen molar-refractivity contribution in [2.45, 2.75) is 0 Å². The molecule has 1 nitrogen and oxygen atoms in total. The largest absolute Gasteiger partial charge is 0.405 e. The molecular formula is C12H15N. The van der Waals surface area contributed by atoms with Gasteiger partial charge in [-0.2, -0.15) is 0 Å². The second kappa shape index (κ2) is 6.92. The lowest BCUT2D eigenvalue weighted by Gasteiger charge is -1.96. The summed E-state index contributed by atoms with van der Waals surface area (Å²) in [5, 5.41) is 0. The van der Waals surface area contributed by atoms with Crippen LogP contribution in [0.15, 0.2) is 50.2 Å². The van der Waals surface area contributed by atoms with Gasteiger partial charge in [-0.1, -0.05) is 56.2 Å². The van der Waals surface area contributed by atoms with Crippen LogP contribution in [0.3, 0.4) is 0 Å². The molecule has 0 aliphatic heterocycles. The fraction of sp³-hybridized carbons (Fsp3) is 0. The van der Waals surface area contributed by atoms with E-state index in [4.69, 9.17) is 0 Å². The summed E-state index contributed by atoms with van der Waals surface area (Å²) >= 11 is 0. The van der Waals surface area contributed by atoms with Crippen molar-refractivity contribution in [1.29, 1.82) is 0 Å². The van der Waals surface area contributed by atoms with Crippen molar-refractivity contribution in [3.05, 3.63) is 61.3 Å². The first-order chi connectivity index (χ1) is 6.29. The van der Waals surface area contributed by atoms with E-state index < -0.39 is 0 Å². The Labute approximate surface area is 79.9 Å². The van der Waals surface area contributed by atoms with Gasteiger partial charge in [0.2, 0.25) is 0 Å². The minimum absolute atomic E-state index is 1.14. The lowest BCUT2D eigenvalue weighted by Crippen LogP contribution is -1.76. The van der Waals surface area contributed by atoms with Gasteiger partial charge in [-0.3, -0.25) is 0 Å². The molecule has 0 fully saturated rings. The molecule has 13 heavy (non-hydrogen) atoms. The molecule has 68 valence electrons. The van der Waals surface area contributed by atoms with E-state index in [1.807, 2.05) is 36.4 Å². The monoisotopic (exact) mass is 173 g/mol. The molecule has 0 saturated heterocycles. The van der Waals surface area contributed by atoms with Crippen molar-refractivity contribution in [2.24, 2.45) is 5.73 Å². The molecule has 1 rings (SSSR count). The first-order valence-corrected chi connectivity index (χ1v) is 3.96. The van der Waals surface area contributed by atoms with Crippen molar-refractivity contribution < 1.29 is 0 Å².